The Morgan fingerprint density at radius 1 is 1.06 bits per heavy atom. The van der Waals surface area contributed by atoms with Crippen LogP contribution in [0.15, 0.2) is 35.7 Å². The van der Waals surface area contributed by atoms with Crippen molar-refractivity contribution < 1.29 is 0 Å². The minimum atomic E-state index is 1.12. The van der Waals surface area contributed by atoms with Crippen LogP contribution < -0.4 is 0 Å². The first kappa shape index (κ1) is 11.9. The van der Waals surface area contributed by atoms with Gasteiger partial charge >= 0.3 is 0 Å². The first-order valence-corrected chi connectivity index (χ1v) is 7.53. The van der Waals surface area contributed by atoms with Crippen LogP contribution in [0.4, 0.5) is 0 Å². The zero-order valence-electron chi connectivity index (χ0n) is 10.9. The second-order valence-electron chi connectivity index (χ2n) is 5.07. The number of hydrogen-bond acceptors (Lipinski definition) is 2. The van der Waals surface area contributed by atoms with Crippen LogP contribution in [-0.2, 0) is 19.4 Å². The number of hydrogen-bond donors (Lipinski definition) is 0. The van der Waals surface area contributed by atoms with E-state index in [0.29, 0.717) is 0 Å². The maximum Gasteiger partial charge on any atom is 0.0330 e. The first-order valence-electron chi connectivity index (χ1n) is 6.65. The number of aryl methyl sites for hydroxylation is 1. The normalized spacial score (nSPS) is 16.3. The van der Waals surface area contributed by atoms with E-state index in [-0.39, 0.29) is 0 Å². The molecule has 0 bridgehead atoms. The quantitative estimate of drug-likeness (QED) is 0.793. The molecule has 2 heterocycles. The Kier molecular flexibility index (Phi) is 3.48. The fourth-order valence-electron chi connectivity index (χ4n) is 2.64. The molecule has 0 unspecified atom stereocenters. The summed E-state index contributed by atoms with van der Waals surface area (Å²) in [6.45, 7) is 5.72. The zero-order chi connectivity index (χ0) is 12.4. The van der Waals surface area contributed by atoms with Crippen LogP contribution >= 0.6 is 11.3 Å². The number of benzene rings is 1. The van der Waals surface area contributed by atoms with Gasteiger partial charge in [0.25, 0.3) is 0 Å². The molecule has 0 saturated carbocycles. The molecule has 0 saturated heterocycles. The van der Waals surface area contributed by atoms with Crippen molar-refractivity contribution in [3.8, 4) is 0 Å². The van der Waals surface area contributed by atoms with Crippen LogP contribution in [0.2, 0.25) is 0 Å². The highest BCUT2D eigenvalue weighted by Crippen LogP contribution is 2.21. The Hall–Kier alpha value is -1.12. The molecule has 2 aromatic rings. The lowest BCUT2D eigenvalue weighted by molar-refractivity contribution is 0.281. The lowest BCUT2D eigenvalue weighted by atomic mass is 10.0. The SMILES string of the molecule is Cc1ccsc1CN1CCc2ccccc2CC1. The molecule has 2 heteroatoms. The Morgan fingerprint density at radius 2 is 1.72 bits per heavy atom. The fraction of sp³-hybridized carbons (Fsp3) is 0.375. The molecule has 0 amide bonds. The molecule has 1 aromatic heterocycles. The highest BCUT2D eigenvalue weighted by molar-refractivity contribution is 7.10. The van der Waals surface area contributed by atoms with Crippen molar-refractivity contribution in [1.82, 2.24) is 4.90 Å². The molecule has 0 N–H and O–H groups in total. The molecule has 0 spiro atoms. The van der Waals surface area contributed by atoms with Crippen molar-refractivity contribution in [2.45, 2.75) is 26.3 Å². The number of nitrogens with zero attached hydrogens (tertiary/aromatic N) is 1. The molecule has 94 valence electrons. The number of rotatable bonds is 2. The summed E-state index contributed by atoms with van der Waals surface area (Å²) in [5.41, 5.74) is 4.53. The molecule has 0 fully saturated rings. The zero-order valence-corrected chi connectivity index (χ0v) is 11.7. The molecular formula is C16H19NS. The van der Waals surface area contributed by atoms with Gasteiger partial charge in [-0.15, -0.1) is 11.3 Å². The minimum Gasteiger partial charge on any atom is -0.298 e. The van der Waals surface area contributed by atoms with Gasteiger partial charge in [-0.2, -0.15) is 0 Å². The second-order valence-corrected chi connectivity index (χ2v) is 6.07. The van der Waals surface area contributed by atoms with Gasteiger partial charge in [0.05, 0.1) is 0 Å². The average Bonchev–Trinajstić information content (AvgIpc) is 2.68. The van der Waals surface area contributed by atoms with Crippen molar-refractivity contribution >= 4 is 11.3 Å². The number of fused-ring (bicyclic) bond motifs is 1. The summed E-state index contributed by atoms with van der Waals surface area (Å²) in [6.07, 6.45) is 2.39. The lowest BCUT2D eigenvalue weighted by Crippen LogP contribution is -2.25. The lowest BCUT2D eigenvalue weighted by Gasteiger charge is -2.19. The van der Waals surface area contributed by atoms with Gasteiger partial charge in [0.2, 0.25) is 0 Å². The van der Waals surface area contributed by atoms with E-state index >= 15 is 0 Å². The summed E-state index contributed by atoms with van der Waals surface area (Å²) < 4.78 is 0. The van der Waals surface area contributed by atoms with Crippen molar-refractivity contribution in [3.05, 3.63) is 57.3 Å². The highest BCUT2D eigenvalue weighted by atomic mass is 32.1. The molecule has 18 heavy (non-hydrogen) atoms. The summed E-state index contributed by atoms with van der Waals surface area (Å²) >= 11 is 1.89. The smallest absolute Gasteiger partial charge is 0.0330 e. The minimum absolute atomic E-state index is 1.12. The van der Waals surface area contributed by atoms with Crippen LogP contribution in [0, 0.1) is 6.92 Å². The van der Waals surface area contributed by atoms with Gasteiger partial charge in [0.1, 0.15) is 0 Å². The maximum atomic E-state index is 2.60. The Bertz CT molecular complexity index is 502. The summed E-state index contributed by atoms with van der Waals surface area (Å²) in [5.74, 6) is 0. The van der Waals surface area contributed by atoms with Crippen LogP contribution in [0.3, 0.4) is 0 Å². The second kappa shape index (κ2) is 5.25. The molecule has 3 rings (SSSR count). The predicted octanol–water partition coefficient (Wildman–Crippen LogP) is 3.66. The van der Waals surface area contributed by atoms with E-state index in [4.69, 9.17) is 0 Å². The van der Waals surface area contributed by atoms with Gasteiger partial charge in [-0.3, -0.25) is 4.90 Å². The molecule has 1 aliphatic rings. The van der Waals surface area contributed by atoms with Crippen molar-refractivity contribution in [1.29, 1.82) is 0 Å². The van der Waals surface area contributed by atoms with E-state index in [1.807, 2.05) is 11.3 Å². The third kappa shape index (κ3) is 2.50. The van der Waals surface area contributed by atoms with E-state index in [0.717, 1.165) is 6.54 Å². The molecule has 0 radical (unpaired) electrons. The topological polar surface area (TPSA) is 3.24 Å². The number of thiophene rings is 1. The Labute approximate surface area is 113 Å². The van der Waals surface area contributed by atoms with Crippen LogP contribution in [0.5, 0.6) is 0 Å². The molecule has 0 aliphatic carbocycles. The van der Waals surface area contributed by atoms with Gasteiger partial charge in [0, 0.05) is 24.5 Å². The molecule has 1 nitrogen and oxygen atoms in total. The van der Waals surface area contributed by atoms with E-state index in [9.17, 15) is 0 Å². The first-order chi connectivity index (χ1) is 8.83. The van der Waals surface area contributed by atoms with Gasteiger partial charge < -0.3 is 0 Å². The van der Waals surface area contributed by atoms with Crippen molar-refractivity contribution in [3.63, 3.8) is 0 Å². The van der Waals surface area contributed by atoms with E-state index < -0.39 is 0 Å². The van der Waals surface area contributed by atoms with Crippen LogP contribution in [0.25, 0.3) is 0 Å². The van der Waals surface area contributed by atoms with Gasteiger partial charge in [-0.05, 0) is 47.9 Å². The summed E-state index contributed by atoms with van der Waals surface area (Å²) in [5, 5.41) is 2.21. The highest BCUT2D eigenvalue weighted by Gasteiger charge is 2.14. The summed E-state index contributed by atoms with van der Waals surface area (Å²) in [7, 11) is 0. The molecule has 1 aliphatic heterocycles. The average molecular weight is 257 g/mol. The van der Waals surface area contributed by atoms with Crippen molar-refractivity contribution in [2.75, 3.05) is 13.1 Å². The van der Waals surface area contributed by atoms with Crippen LogP contribution in [-0.4, -0.2) is 18.0 Å². The third-order valence-corrected chi connectivity index (χ3v) is 4.86. The van der Waals surface area contributed by atoms with Gasteiger partial charge in [-0.1, -0.05) is 24.3 Å². The molecule has 0 atom stereocenters. The summed E-state index contributed by atoms with van der Waals surface area (Å²) in [6, 6.07) is 11.1. The van der Waals surface area contributed by atoms with Crippen LogP contribution in [0.1, 0.15) is 21.6 Å². The standard InChI is InChI=1S/C16H19NS/c1-13-8-11-18-16(13)12-17-9-6-14-4-2-3-5-15(14)7-10-17/h2-5,8,11H,6-7,9-10,12H2,1H3. The third-order valence-electron chi connectivity index (χ3n) is 3.85. The maximum absolute atomic E-state index is 2.60. The Balaban J connectivity index is 1.70. The largest absolute Gasteiger partial charge is 0.298 e. The molecular weight excluding hydrogens is 238 g/mol. The monoisotopic (exact) mass is 257 g/mol. The van der Waals surface area contributed by atoms with E-state index in [1.165, 1.54) is 36.4 Å². The van der Waals surface area contributed by atoms with E-state index in [2.05, 4.69) is 47.5 Å². The van der Waals surface area contributed by atoms with Crippen molar-refractivity contribution in [2.24, 2.45) is 0 Å². The molecule has 1 aromatic carbocycles. The predicted molar refractivity (Wildman–Crippen MR) is 78.2 cm³/mol. The fourth-order valence-corrected chi connectivity index (χ4v) is 3.59. The van der Waals surface area contributed by atoms with Gasteiger partial charge in [-0.25, -0.2) is 0 Å². The van der Waals surface area contributed by atoms with Gasteiger partial charge in [0.15, 0.2) is 0 Å². The van der Waals surface area contributed by atoms with E-state index in [1.54, 1.807) is 11.1 Å². The Morgan fingerprint density at radius 3 is 2.28 bits per heavy atom. The summed E-state index contributed by atoms with van der Waals surface area (Å²) in [4.78, 5) is 4.12.